The van der Waals surface area contributed by atoms with Gasteiger partial charge in [-0.05, 0) is 79.9 Å². The summed E-state index contributed by atoms with van der Waals surface area (Å²) in [5.74, 6) is 0.403. The Labute approximate surface area is 184 Å². The third-order valence-electron chi connectivity index (χ3n) is 7.26. The van der Waals surface area contributed by atoms with Crippen LogP contribution in [0.15, 0.2) is 18.2 Å². The molecule has 0 unspecified atom stereocenters. The summed E-state index contributed by atoms with van der Waals surface area (Å²) in [7, 11) is 0. The molecule has 31 heavy (non-hydrogen) atoms. The van der Waals surface area contributed by atoms with Crippen LogP contribution in [0.1, 0.15) is 64.0 Å². The molecule has 1 aromatic carbocycles. The minimum absolute atomic E-state index is 0.113. The Morgan fingerprint density at radius 1 is 1.19 bits per heavy atom. The van der Waals surface area contributed by atoms with E-state index < -0.39 is 5.97 Å². The van der Waals surface area contributed by atoms with Crippen molar-refractivity contribution in [1.82, 2.24) is 0 Å². The summed E-state index contributed by atoms with van der Waals surface area (Å²) in [5.41, 5.74) is 2.28. The number of aliphatic hydroxyl groups is 1. The number of rotatable bonds is 10. The first-order valence-electron chi connectivity index (χ1n) is 11.7. The number of carboxylic acid groups (broad SMARTS) is 1. The van der Waals surface area contributed by atoms with Gasteiger partial charge in [-0.2, -0.15) is 0 Å². The van der Waals surface area contributed by atoms with Gasteiger partial charge < -0.3 is 19.7 Å². The van der Waals surface area contributed by atoms with Gasteiger partial charge >= 0.3 is 11.9 Å². The number of ether oxygens (including phenoxy) is 2. The summed E-state index contributed by atoms with van der Waals surface area (Å²) < 4.78 is 11.6. The molecule has 0 heterocycles. The Morgan fingerprint density at radius 2 is 1.97 bits per heavy atom. The van der Waals surface area contributed by atoms with Crippen LogP contribution >= 0.6 is 0 Å². The quantitative estimate of drug-likeness (QED) is 0.543. The van der Waals surface area contributed by atoms with E-state index in [0.717, 1.165) is 50.5 Å². The number of aliphatic hydroxyl groups excluding tert-OH is 1. The number of hydrogen-bond acceptors (Lipinski definition) is 5. The zero-order chi connectivity index (χ0) is 22.5. The van der Waals surface area contributed by atoms with Crippen molar-refractivity contribution in [2.75, 3.05) is 6.61 Å². The molecule has 2 aliphatic rings. The molecule has 0 saturated heterocycles. The number of carboxylic acids is 1. The molecular formula is C25H36O6. The highest BCUT2D eigenvalue weighted by Crippen LogP contribution is 2.49. The second-order valence-corrected chi connectivity index (χ2v) is 9.23. The van der Waals surface area contributed by atoms with Crippen LogP contribution in [0.3, 0.4) is 0 Å². The van der Waals surface area contributed by atoms with E-state index in [4.69, 9.17) is 14.6 Å². The van der Waals surface area contributed by atoms with Crippen LogP contribution in [-0.4, -0.2) is 41.0 Å². The number of carbonyl (C=O) groups is 2. The zero-order valence-corrected chi connectivity index (χ0v) is 18.9. The van der Waals surface area contributed by atoms with E-state index in [9.17, 15) is 14.7 Å². The van der Waals surface area contributed by atoms with Gasteiger partial charge in [-0.1, -0.05) is 32.9 Å². The number of aliphatic carboxylic acids is 1. The average Bonchev–Trinajstić information content (AvgIpc) is 3.09. The lowest BCUT2D eigenvalue weighted by Gasteiger charge is -2.32. The first-order valence-corrected chi connectivity index (χ1v) is 11.7. The average molecular weight is 433 g/mol. The first-order chi connectivity index (χ1) is 14.8. The van der Waals surface area contributed by atoms with Crippen molar-refractivity contribution in [1.29, 1.82) is 0 Å². The summed E-state index contributed by atoms with van der Waals surface area (Å²) in [6.45, 7) is 5.53. The molecule has 1 aromatic rings. The SMILES string of the molecule is CC[C@H](O)CC[C@@H]1[C@H]2Cc3cccc(OCC(=O)O)c3C[C@H]2C[C@H]1OC(=O)[C@H](C)CC. The fourth-order valence-corrected chi connectivity index (χ4v) is 5.21. The second kappa shape index (κ2) is 10.5. The number of hydrogen-bond donors (Lipinski definition) is 2. The predicted octanol–water partition coefficient (Wildman–Crippen LogP) is 4.01. The molecule has 6 atom stereocenters. The van der Waals surface area contributed by atoms with Gasteiger partial charge in [0.2, 0.25) is 0 Å². The highest BCUT2D eigenvalue weighted by atomic mass is 16.5. The van der Waals surface area contributed by atoms with Crippen molar-refractivity contribution < 1.29 is 29.3 Å². The Morgan fingerprint density at radius 3 is 2.65 bits per heavy atom. The zero-order valence-electron chi connectivity index (χ0n) is 18.9. The van der Waals surface area contributed by atoms with Crippen LogP contribution < -0.4 is 4.74 Å². The maximum atomic E-state index is 12.5. The number of fused-ring (bicyclic) bond motifs is 2. The highest BCUT2D eigenvalue weighted by molar-refractivity contribution is 5.72. The van der Waals surface area contributed by atoms with Crippen LogP contribution in [0.4, 0.5) is 0 Å². The molecule has 3 rings (SSSR count). The summed E-state index contributed by atoms with van der Waals surface area (Å²) in [6.07, 6.45) is 5.09. The van der Waals surface area contributed by atoms with Crippen LogP contribution in [0.2, 0.25) is 0 Å². The van der Waals surface area contributed by atoms with Crippen molar-refractivity contribution in [3.63, 3.8) is 0 Å². The van der Waals surface area contributed by atoms with Crippen LogP contribution in [-0.2, 0) is 27.2 Å². The third kappa shape index (κ3) is 5.59. The molecule has 0 aromatic heterocycles. The van der Waals surface area contributed by atoms with Crippen molar-refractivity contribution in [2.45, 2.75) is 77.9 Å². The predicted molar refractivity (Wildman–Crippen MR) is 117 cm³/mol. The Hall–Kier alpha value is -2.08. The molecule has 0 bridgehead atoms. The lowest BCUT2D eigenvalue weighted by Crippen LogP contribution is -2.30. The van der Waals surface area contributed by atoms with Gasteiger partial charge in [-0.3, -0.25) is 4.79 Å². The Kier molecular flexibility index (Phi) is 7.98. The van der Waals surface area contributed by atoms with E-state index in [1.165, 1.54) is 5.56 Å². The normalized spacial score (nSPS) is 26.5. The molecule has 6 nitrogen and oxygen atoms in total. The van der Waals surface area contributed by atoms with Gasteiger partial charge in [0.15, 0.2) is 6.61 Å². The van der Waals surface area contributed by atoms with Gasteiger partial charge in [0, 0.05) is 0 Å². The van der Waals surface area contributed by atoms with E-state index in [-0.39, 0.29) is 36.6 Å². The molecule has 0 spiro atoms. The highest BCUT2D eigenvalue weighted by Gasteiger charge is 2.47. The molecular weight excluding hydrogens is 396 g/mol. The fourth-order valence-electron chi connectivity index (χ4n) is 5.21. The van der Waals surface area contributed by atoms with E-state index in [0.29, 0.717) is 17.6 Å². The van der Waals surface area contributed by atoms with E-state index in [2.05, 4.69) is 6.07 Å². The topological polar surface area (TPSA) is 93.1 Å². The molecule has 2 aliphatic carbocycles. The third-order valence-corrected chi connectivity index (χ3v) is 7.26. The standard InChI is InChI=1S/C25H36O6/c1-4-15(3)25(29)31-23-13-17-12-21-16(7-6-8-22(21)30-14-24(27)28)11-20(17)19(23)10-9-18(26)5-2/h6-8,15,17-20,23,26H,4-5,9-14H2,1-3H3,(H,27,28)/t15-,17+,18+,19-,20+,23-/m1/s1. The number of esters is 1. The van der Waals surface area contributed by atoms with E-state index >= 15 is 0 Å². The van der Waals surface area contributed by atoms with E-state index in [1.807, 2.05) is 32.9 Å². The Bertz CT molecular complexity index is 775. The smallest absolute Gasteiger partial charge is 0.341 e. The summed E-state index contributed by atoms with van der Waals surface area (Å²) in [6, 6.07) is 5.85. The monoisotopic (exact) mass is 432 g/mol. The van der Waals surface area contributed by atoms with Gasteiger partial charge in [0.25, 0.3) is 0 Å². The van der Waals surface area contributed by atoms with Gasteiger partial charge in [0.1, 0.15) is 11.9 Å². The largest absolute Gasteiger partial charge is 0.482 e. The van der Waals surface area contributed by atoms with Crippen LogP contribution in [0.5, 0.6) is 5.75 Å². The van der Waals surface area contributed by atoms with Gasteiger partial charge in [-0.15, -0.1) is 0 Å². The molecule has 0 amide bonds. The minimum Gasteiger partial charge on any atom is -0.482 e. The lowest BCUT2D eigenvalue weighted by atomic mass is 9.73. The van der Waals surface area contributed by atoms with Crippen molar-refractivity contribution in [3.8, 4) is 5.75 Å². The van der Waals surface area contributed by atoms with Crippen molar-refractivity contribution in [3.05, 3.63) is 29.3 Å². The molecule has 2 N–H and O–H groups in total. The Balaban J connectivity index is 1.80. The summed E-state index contributed by atoms with van der Waals surface area (Å²) >= 11 is 0. The molecule has 1 fully saturated rings. The first kappa shape index (κ1) is 23.6. The van der Waals surface area contributed by atoms with Crippen LogP contribution in [0, 0.1) is 23.7 Å². The van der Waals surface area contributed by atoms with Gasteiger partial charge in [0.05, 0.1) is 12.0 Å². The van der Waals surface area contributed by atoms with Crippen LogP contribution in [0.25, 0.3) is 0 Å². The molecule has 6 heteroatoms. The fraction of sp³-hybridized carbons (Fsp3) is 0.680. The summed E-state index contributed by atoms with van der Waals surface area (Å²) in [5, 5.41) is 19.1. The maximum absolute atomic E-state index is 12.5. The molecule has 172 valence electrons. The number of carbonyl (C=O) groups excluding carboxylic acids is 1. The minimum atomic E-state index is -0.987. The van der Waals surface area contributed by atoms with Gasteiger partial charge in [-0.25, -0.2) is 4.79 Å². The molecule has 1 saturated carbocycles. The second-order valence-electron chi connectivity index (χ2n) is 9.23. The van der Waals surface area contributed by atoms with Crippen molar-refractivity contribution >= 4 is 11.9 Å². The molecule has 0 radical (unpaired) electrons. The van der Waals surface area contributed by atoms with Crippen molar-refractivity contribution in [2.24, 2.45) is 23.7 Å². The maximum Gasteiger partial charge on any atom is 0.341 e. The summed E-state index contributed by atoms with van der Waals surface area (Å²) in [4.78, 5) is 23.5. The lowest BCUT2D eigenvalue weighted by molar-refractivity contribution is -0.156. The number of benzene rings is 1. The van der Waals surface area contributed by atoms with E-state index in [1.54, 1.807) is 0 Å². The molecule has 0 aliphatic heterocycles.